The van der Waals surface area contributed by atoms with E-state index in [0.717, 1.165) is 10.8 Å². The minimum atomic E-state index is 0.648. The van der Waals surface area contributed by atoms with Crippen molar-refractivity contribution in [2.24, 2.45) is 0 Å². The van der Waals surface area contributed by atoms with Gasteiger partial charge in [-0.2, -0.15) is 11.8 Å². The van der Waals surface area contributed by atoms with E-state index < -0.39 is 0 Å². The summed E-state index contributed by atoms with van der Waals surface area (Å²) >= 11 is 3.52. The largest absolute Gasteiger partial charge is 0.383 e. The molecule has 0 aromatic carbocycles. The van der Waals surface area contributed by atoms with Gasteiger partial charge in [-0.1, -0.05) is 13.8 Å². The highest BCUT2D eigenvalue weighted by atomic mass is 32.2. The second-order valence-electron chi connectivity index (χ2n) is 2.53. The first-order valence-corrected chi connectivity index (χ1v) is 5.43. The number of nitrogen functional groups attached to an aromatic ring is 1. The Kier molecular flexibility index (Phi) is 3.20. The molecule has 4 heteroatoms. The first kappa shape index (κ1) is 8.87. The van der Waals surface area contributed by atoms with Gasteiger partial charge in [0.25, 0.3) is 0 Å². The van der Waals surface area contributed by atoms with E-state index in [9.17, 15) is 0 Å². The maximum atomic E-state index is 5.48. The summed E-state index contributed by atoms with van der Waals surface area (Å²) in [6.07, 6.45) is 0. The lowest BCUT2D eigenvalue weighted by Crippen LogP contribution is -1.89. The van der Waals surface area contributed by atoms with Crippen molar-refractivity contribution in [2.75, 3.05) is 5.73 Å². The van der Waals surface area contributed by atoms with E-state index in [0.29, 0.717) is 11.1 Å². The zero-order valence-electron chi connectivity index (χ0n) is 6.70. The lowest BCUT2D eigenvalue weighted by atomic mass is 10.6. The Labute approximate surface area is 75.2 Å². The third-order valence-corrected chi connectivity index (χ3v) is 3.27. The third kappa shape index (κ3) is 3.12. The predicted molar refractivity (Wildman–Crippen MR) is 53.0 cm³/mol. The van der Waals surface area contributed by atoms with Gasteiger partial charge in [-0.25, -0.2) is 4.98 Å². The van der Waals surface area contributed by atoms with Crippen molar-refractivity contribution in [3.63, 3.8) is 0 Å². The van der Waals surface area contributed by atoms with E-state index >= 15 is 0 Å². The maximum Gasteiger partial charge on any atom is 0.134 e. The molecule has 0 amide bonds. The Hall–Kier alpha value is -0.220. The molecular weight excluding hydrogens is 176 g/mol. The van der Waals surface area contributed by atoms with Gasteiger partial charge in [0, 0.05) is 11.1 Å². The normalized spacial score (nSPS) is 10.8. The van der Waals surface area contributed by atoms with Gasteiger partial charge in [0.15, 0.2) is 0 Å². The molecule has 0 fully saturated rings. The van der Waals surface area contributed by atoms with Crippen LogP contribution in [0.2, 0.25) is 0 Å². The molecule has 0 spiro atoms. The van der Waals surface area contributed by atoms with E-state index in [1.54, 1.807) is 11.3 Å². The molecule has 0 unspecified atom stereocenters. The molecule has 0 saturated carbocycles. The predicted octanol–water partition coefficient (Wildman–Crippen LogP) is 2.37. The molecule has 2 N–H and O–H groups in total. The standard InChI is InChI=1S/C7H12N2S2/c1-5(2)10-4-7-9-6(8)3-11-7/h3,5H,4,8H2,1-2H3. The SMILES string of the molecule is CC(C)SCc1nc(N)cs1. The number of anilines is 1. The maximum absolute atomic E-state index is 5.48. The van der Waals surface area contributed by atoms with Crippen LogP contribution in [0.15, 0.2) is 5.38 Å². The summed E-state index contributed by atoms with van der Waals surface area (Å²) in [4.78, 5) is 4.16. The van der Waals surface area contributed by atoms with Crippen LogP contribution < -0.4 is 5.73 Å². The molecule has 0 atom stereocenters. The van der Waals surface area contributed by atoms with Crippen LogP contribution in [0.5, 0.6) is 0 Å². The highest BCUT2D eigenvalue weighted by Crippen LogP contribution is 2.20. The second kappa shape index (κ2) is 3.97. The summed E-state index contributed by atoms with van der Waals surface area (Å²) in [5.74, 6) is 1.63. The molecule has 0 aliphatic heterocycles. The fraction of sp³-hybridized carbons (Fsp3) is 0.571. The number of thioether (sulfide) groups is 1. The number of nitrogens with zero attached hydrogens (tertiary/aromatic N) is 1. The average Bonchev–Trinajstić information content (AvgIpc) is 2.31. The van der Waals surface area contributed by atoms with Gasteiger partial charge in [0.2, 0.25) is 0 Å². The lowest BCUT2D eigenvalue weighted by Gasteiger charge is -2.00. The number of aromatic nitrogens is 1. The van der Waals surface area contributed by atoms with E-state index in [2.05, 4.69) is 18.8 Å². The van der Waals surface area contributed by atoms with Gasteiger partial charge in [-0.05, 0) is 5.25 Å². The van der Waals surface area contributed by atoms with Crippen molar-refractivity contribution in [1.29, 1.82) is 0 Å². The Morgan fingerprint density at radius 3 is 2.91 bits per heavy atom. The van der Waals surface area contributed by atoms with Crippen LogP contribution in [0.4, 0.5) is 5.82 Å². The van der Waals surface area contributed by atoms with Crippen LogP contribution in [0, 0.1) is 0 Å². The Morgan fingerprint density at radius 1 is 1.73 bits per heavy atom. The summed E-state index contributed by atoms with van der Waals surface area (Å²) < 4.78 is 0. The fourth-order valence-corrected chi connectivity index (χ4v) is 2.11. The molecular formula is C7H12N2S2. The van der Waals surface area contributed by atoms with Crippen molar-refractivity contribution in [3.8, 4) is 0 Å². The summed E-state index contributed by atoms with van der Waals surface area (Å²) in [6.45, 7) is 4.36. The molecule has 1 rings (SSSR count). The number of hydrogen-bond donors (Lipinski definition) is 1. The Bertz CT molecular complexity index is 220. The molecule has 11 heavy (non-hydrogen) atoms. The van der Waals surface area contributed by atoms with Crippen molar-refractivity contribution in [2.45, 2.75) is 24.9 Å². The monoisotopic (exact) mass is 188 g/mol. The quantitative estimate of drug-likeness (QED) is 0.791. The van der Waals surface area contributed by atoms with Crippen molar-refractivity contribution >= 4 is 28.9 Å². The van der Waals surface area contributed by atoms with Crippen molar-refractivity contribution in [1.82, 2.24) is 4.98 Å². The Morgan fingerprint density at radius 2 is 2.45 bits per heavy atom. The topological polar surface area (TPSA) is 38.9 Å². The highest BCUT2D eigenvalue weighted by molar-refractivity contribution is 7.99. The molecule has 0 aliphatic carbocycles. The molecule has 0 bridgehead atoms. The van der Waals surface area contributed by atoms with Crippen LogP contribution in [0.1, 0.15) is 18.9 Å². The first-order chi connectivity index (χ1) is 5.18. The van der Waals surface area contributed by atoms with Crippen LogP contribution >= 0.6 is 23.1 Å². The zero-order valence-corrected chi connectivity index (χ0v) is 8.34. The van der Waals surface area contributed by atoms with E-state index in [1.165, 1.54) is 0 Å². The minimum absolute atomic E-state index is 0.648. The summed E-state index contributed by atoms with van der Waals surface area (Å²) in [5.41, 5.74) is 5.48. The van der Waals surface area contributed by atoms with Crippen LogP contribution in [-0.2, 0) is 5.75 Å². The molecule has 0 saturated heterocycles. The van der Waals surface area contributed by atoms with E-state index in [4.69, 9.17) is 5.73 Å². The lowest BCUT2D eigenvalue weighted by molar-refractivity contribution is 1.10. The molecule has 62 valence electrons. The summed E-state index contributed by atoms with van der Waals surface area (Å²) in [7, 11) is 0. The van der Waals surface area contributed by atoms with Crippen molar-refractivity contribution < 1.29 is 0 Å². The van der Waals surface area contributed by atoms with E-state index in [1.807, 2.05) is 17.1 Å². The van der Waals surface area contributed by atoms with Crippen LogP contribution in [0.3, 0.4) is 0 Å². The second-order valence-corrected chi connectivity index (χ2v) is 5.03. The van der Waals surface area contributed by atoms with Gasteiger partial charge >= 0.3 is 0 Å². The number of nitrogens with two attached hydrogens (primary N) is 1. The molecule has 1 heterocycles. The van der Waals surface area contributed by atoms with Gasteiger partial charge in [-0.3, -0.25) is 0 Å². The smallest absolute Gasteiger partial charge is 0.134 e. The fourth-order valence-electron chi connectivity index (χ4n) is 0.629. The summed E-state index contributed by atoms with van der Waals surface area (Å²) in [6, 6.07) is 0. The van der Waals surface area contributed by atoms with Gasteiger partial charge in [0.1, 0.15) is 10.8 Å². The highest BCUT2D eigenvalue weighted by Gasteiger charge is 2.00. The molecule has 0 aliphatic rings. The van der Waals surface area contributed by atoms with E-state index in [-0.39, 0.29) is 0 Å². The average molecular weight is 188 g/mol. The van der Waals surface area contributed by atoms with Gasteiger partial charge in [0.05, 0.1) is 0 Å². The minimum Gasteiger partial charge on any atom is -0.383 e. The zero-order chi connectivity index (χ0) is 8.27. The van der Waals surface area contributed by atoms with Crippen molar-refractivity contribution in [3.05, 3.63) is 10.4 Å². The molecule has 1 aromatic heterocycles. The molecule has 2 nitrogen and oxygen atoms in total. The first-order valence-electron chi connectivity index (χ1n) is 3.50. The number of hydrogen-bond acceptors (Lipinski definition) is 4. The van der Waals surface area contributed by atoms with Gasteiger partial charge in [-0.15, -0.1) is 11.3 Å². The summed E-state index contributed by atoms with van der Waals surface area (Å²) in [5, 5.41) is 3.68. The van der Waals surface area contributed by atoms with Crippen LogP contribution in [0.25, 0.3) is 0 Å². The Balaban J connectivity index is 2.39. The van der Waals surface area contributed by atoms with Gasteiger partial charge < -0.3 is 5.73 Å². The molecule has 0 radical (unpaired) electrons. The number of thiazole rings is 1. The third-order valence-electron chi connectivity index (χ3n) is 1.11. The van der Waals surface area contributed by atoms with Crippen LogP contribution in [-0.4, -0.2) is 10.2 Å². The number of rotatable bonds is 3. The molecule has 1 aromatic rings.